The Kier molecular flexibility index (Phi) is 5.58. The Hall–Kier alpha value is -3.22. The molecule has 1 amide bonds. The van der Waals surface area contributed by atoms with Gasteiger partial charge in [0.15, 0.2) is 0 Å². The first-order valence-corrected chi connectivity index (χ1v) is 8.40. The second kappa shape index (κ2) is 8.24. The average molecular weight is 351 g/mol. The molecule has 3 rings (SSSR count). The van der Waals surface area contributed by atoms with E-state index in [4.69, 9.17) is 4.74 Å². The zero-order chi connectivity index (χ0) is 18.4. The van der Waals surface area contributed by atoms with E-state index >= 15 is 0 Å². The Morgan fingerprint density at radius 2 is 1.96 bits per heavy atom. The average Bonchev–Trinajstić information content (AvgIpc) is 2.98. The number of hydrogen-bond acceptors (Lipinski definition) is 5. The standard InChI is InChI=1S/C19H21N5O2/c1-14-10-15(2)24(23-14)9-8-20-19(25)17-11-18(22-13-21-17)26-12-16-6-4-3-5-7-16/h3-7,10-11,13H,8-9,12H2,1-2H3,(H,20,25). The highest BCUT2D eigenvalue weighted by atomic mass is 16.5. The fourth-order valence-electron chi connectivity index (χ4n) is 2.54. The lowest BCUT2D eigenvalue weighted by Crippen LogP contribution is -2.28. The van der Waals surface area contributed by atoms with Gasteiger partial charge < -0.3 is 10.1 Å². The van der Waals surface area contributed by atoms with Gasteiger partial charge in [0.05, 0.1) is 12.2 Å². The van der Waals surface area contributed by atoms with Gasteiger partial charge >= 0.3 is 0 Å². The van der Waals surface area contributed by atoms with Gasteiger partial charge in [0.2, 0.25) is 5.88 Å². The Bertz CT molecular complexity index is 877. The van der Waals surface area contributed by atoms with Gasteiger partial charge in [-0.05, 0) is 25.5 Å². The van der Waals surface area contributed by atoms with Crippen LogP contribution in [0.4, 0.5) is 0 Å². The molecular weight excluding hydrogens is 330 g/mol. The summed E-state index contributed by atoms with van der Waals surface area (Å²) in [4.78, 5) is 20.3. The third-order valence-corrected chi connectivity index (χ3v) is 3.82. The summed E-state index contributed by atoms with van der Waals surface area (Å²) in [7, 11) is 0. The zero-order valence-electron chi connectivity index (χ0n) is 14.8. The van der Waals surface area contributed by atoms with Crippen LogP contribution in [0.25, 0.3) is 0 Å². The fourth-order valence-corrected chi connectivity index (χ4v) is 2.54. The number of carbonyl (C=O) groups is 1. The summed E-state index contributed by atoms with van der Waals surface area (Å²) in [5.74, 6) is 0.103. The number of aryl methyl sites for hydroxylation is 2. The number of amides is 1. The topological polar surface area (TPSA) is 81.9 Å². The monoisotopic (exact) mass is 351 g/mol. The van der Waals surface area contributed by atoms with E-state index in [0.29, 0.717) is 25.6 Å². The minimum Gasteiger partial charge on any atom is -0.473 e. The molecule has 0 saturated carbocycles. The van der Waals surface area contributed by atoms with Crippen LogP contribution in [0.5, 0.6) is 5.88 Å². The van der Waals surface area contributed by atoms with Gasteiger partial charge in [-0.1, -0.05) is 30.3 Å². The highest BCUT2D eigenvalue weighted by Crippen LogP contribution is 2.10. The molecule has 0 unspecified atom stereocenters. The molecule has 0 aliphatic rings. The van der Waals surface area contributed by atoms with E-state index in [2.05, 4.69) is 20.4 Å². The molecule has 0 radical (unpaired) electrons. The summed E-state index contributed by atoms with van der Waals surface area (Å²) in [5, 5.41) is 7.21. The quantitative estimate of drug-likeness (QED) is 0.706. The fraction of sp³-hybridized carbons (Fsp3) is 0.263. The van der Waals surface area contributed by atoms with E-state index in [0.717, 1.165) is 17.0 Å². The predicted octanol–water partition coefficient (Wildman–Crippen LogP) is 2.30. The molecule has 1 aromatic carbocycles. The lowest BCUT2D eigenvalue weighted by molar-refractivity contribution is 0.0946. The smallest absolute Gasteiger partial charge is 0.270 e. The van der Waals surface area contributed by atoms with Crippen LogP contribution >= 0.6 is 0 Å². The van der Waals surface area contributed by atoms with Crippen molar-refractivity contribution >= 4 is 5.91 Å². The highest BCUT2D eigenvalue weighted by Gasteiger charge is 2.10. The summed E-state index contributed by atoms with van der Waals surface area (Å²) in [5.41, 5.74) is 3.33. The van der Waals surface area contributed by atoms with Gasteiger partial charge in [0.25, 0.3) is 5.91 Å². The van der Waals surface area contributed by atoms with Crippen molar-refractivity contribution < 1.29 is 9.53 Å². The Balaban J connectivity index is 1.53. The van der Waals surface area contributed by atoms with E-state index in [1.807, 2.05) is 54.9 Å². The van der Waals surface area contributed by atoms with Crippen molar-refractivity contribution in [3.63, 3.8) is 0 Å². The molecule has 2 heterocycles. The highest BCUT2D eigenvalue weighted by molar-refractivity contribution is 5.92. The van der Waals surface area contributed by atoms with E-state index in [9.17, 15) is 4.79 Å². The van der Waals surface area contributed by atoms with Crippen LogP contribution in [0.1, 0.15) is 27.4 Å². The Morgan fingerprint density at radius 3 is 2.69 bits per heavy atom. The molecule has 0 aliphatic carbocycles. The lowest BCUT2D eigenvalue weighted by atomic mass is 10.2. The summed E-state index contributed by atoms with van der Waals surface area (Å²) in [6.45, 7) is 5.39. The molecular formula is C19H21N5O2. The molecule has 0 bridgehead atoms. The summed E-state index contributed by atoms with van der Waals surface area (Å²) < 4.78 is 7.49. The SMILES string of the molecule is Cc1cc(C)n(CCNC(=O)c2cc(OCc3ccccc3)ncn2)n1. The minimum atomic E-state index is -0.265. The molecule has 0 fully saturated rings. The number of nitrogens with zero attached hydrogens (tertiary/aromatic N) is 4. The van der Waals surface area contributed by atoms with Crippen molar-refractivity contribution in [2.45, 2.75) is 27.0 Å². The van der Waals surface area contributed by atoms with Gasteiger partial charge in [-0.25, -0.2) is 9.97 Å². The first-order chi connectivity index (χ1) is 12.6. The molecule has 0 spiro atoms. The van der Waals surface area contributed by atoms with Crippen LogP contribution in [0.3, 0.4) is 0 Å². The number of nitrogens with one attached hydrogen (secondary N) is 1. The number of aromatic nitrogens is 4. The molecule has 7 heteroatoms. The van der Waals surface area contributed by atoms with Gasteiger partial charge in [0, 0.05) is 18.3 Å². The van der Waals surface area contributed by atoms with Crippen molar-refractivity contribution in [2.24, 2.45) is 0 Å². The number of hydrogen-bond donors (Lipinski definition) is 1. The molecule has 134 valence electrons. The lowest BCUT2D eigenvalue weighted by Gasteiger charge is -2.08. The second-order valence-electron chi connectivity index (χ2n) is 5.92. The van der Waals surface area contributed by atoms with Gasteiger partial charge in [0.1, 0.15) is 18.6 Å². The van der Waals surface area contributed by atoms with E-state index in [1.54, 1.807) is 6.07 Å². The summed E-state index contributed by atoms with van der Waals surface area (Å²) >= 11 is 0. The molecule has 1 N–H and O–H groups in total. The Morgan fingerprint density at radius 1 is 1.15 bits per heavy atom. The van der Waals surface area contributed by atoms with Crippen molar-refractivity contribution in [3.8, 4) is 5.88 Å². The van der Waals surface area contributed by atoms with Crippen LogP contribution in [0, 0.1) is 13.8 Å². The third kappa shape index (κ3) is 4.66. The maximum atomic E-state index is 12.3. The first kappa shape index (κ1) is 17.6. The van der Waals surface area contributed by atoms with Crippen LogP contribution in [0.2, 0.25) is 0 Å². The van der Waals surface area contributed by atoms with Crippen LogP contribution < -0.4 is 10.1 Å². The summed E-state index contributed by atoms with van der Waals surface area (Å²) in [6.07, 6.45) is 1.33. The number of benzene rings is 1. The second-order valence-corrected chi connectivity index (χ2v) is 5.92. The molecule has 2 aromatic heterocycles. The number of rotatable bonds is 7. The van der Waals surface area contributed by atoms with Gasteiger partial charge in [-0.15, -0.1) is 0 Å². The van der Waals surface area contributed by atoms with Crippen molar-refractivity contribution in [2.75, 3.05) is 6.54 Å². The summed E-state index contributed by atoms with van der Waals surface area (Å²) in [6, 6.07) is 13.3. The van der Waals surface area contributed by atoms with Gasteiger partial charge in [-0.3, -0.25) is 9.48 Å². The normalized spacial score (nSPS) is 10.5. The maximum Gasteiger partial charge on any atom is 0.270 e. The molecule has 0 saturated heterocycles. The van der Waals surface area contributed by atoms with Crippen LogP contribution in [0.15, 0.2) is 48.8 Å². The third-order valence-electron chi connectivity index (χ3n) is 3.82. The van der Waals surface area contributed by atoms with Crippen molar-refractivity contribution in [3.05, 3.63) is 71.4 Å². The van der Waals surface area contributed by atoms with E-state index < -0.39 is 0 Å². The molecule has 0 aliphatic heterocycles. The molecule has 0 atom stereocenters. The molecule has 7 nitrogen and oxygen atoms in total. The Labute approximate surface area is 152 Å². The largest absolute Gasteiger partial charge is 0.473 e. The predicted molar refractivity (Wildman–Crippen MR) is 96.8 cm³/mol. The van der Waals surface area contributed by atoms with Crippen LogP contribution in [-0.2, 0) is 13.2 Å². The van der Waals surface area contributed by atoms with E-state index in [1.165, 1.54) is 6.33 Å². The number of carbonyl (C=O) groups excluding carboxylic acids is 1. The van der Waals surface area contributed by atoms with Gasteiger partial charge in [-0.2, -0.15) is 5.10 Å². The molecule has 3 aromatic rings. The minimum absolute atomic E-state index is 0.265. The first-order valence-electron chi connectivity index (χ1n) is 8.40. The van der Waals surface area contributed by atoms with Crippen molar-refractivity contribution in [1.82, 2.24) is 25.1 Å². The molecule has 26 heavy (non-hydrogen) atoms. The zero-order valence-corrected chi connectivity index (χ0v) is 14.8. The maximum absolute atomic E-state index is 12.3. The van der Waals surface area contributed by atoms with Crippen LogP contribution in [-0.4, -0.2) is 32.2 Å². The van der Waals surface area contributed by atoms with E-state index in [-0.39, 0.29) is 11.6 Å². The van der Waals surface area contributed by atoms with Crippen molar-refractivity contribution in [1.29, 1.82) is 0 Å². The number of ether oxygens (including phenoxy) is 1.